The van der Waals surface area contributed by atoms with Gasteiger partial charge in [-0.1, -0.05) is 12.1 Å². The molecule has 1 fully saturated rings. The van der Waals surface area contributed by atoms with E-state index in [0.29, 0.717) is 0 Å². The van der Waals surface area contributed by atoms with Gasteiger partial charge in [-0.05, 0) is 25.0 Å². The Morgan fingerprint density at radius 1 is 1.30 bits per heavy atom. The lowest BCUT2D eigenvalue weighted by Crippen LogP contribution is -2.47. The lowest BCUT2D eigenvalue weighted by Gasteiger charge is -2.31. The summed E-state index contributed by atoms with van der Waals surface area (Å²) in [6.45, 7) is 1.73. The highest BCUT2D eigenvalue weighted by Gasteiger charge is 2.24. The van der Waals surface area contributed by atoms with Crippen LogP contribution in [0.2, 0.25) is 0 Å². The van der Waals surface area contributed by atoms with Crippen LogP contribution in [0.5, 0.6) is 0 Å². The Kier molecular flexibility index (Phi) is 3.45. The Hall–Kier alpha value is -2.24. The van der Waals surface area contributed by atoms with Crippen molar-refractivity contribution in [1.29, 1.82) is 0 Å². The average molecular weight is 274 g/mol. The predicted octanol–water partition coefficient (Wildman–Crippen LogP) is 0.907. The van der Waals surface area contributed by atoms with Crippen molar-refractivity contribution in [1.82, 2.24) is 10.6 Å². The van der Waals surface area contributed by atoms with E-state index in [0.717, 1.165) is 37.3 Å². The van der Waals surface area contributed by atoms with Crippen LogP contribution in [-0.4, -0.2) is 37.6 Å². The van der Waals surface area contributed by atoms with Gasteiger partial charge in [-0.15, -0.1) is 0 Å². The highest BCUT2D eigenvalue weighted by Crippen LogP contribution is 2.27. The van der Waals surface area contributed by atoms with Gasteiger partial charge in [0.2, 0.25) is 5.91 Å². The van der Waals surface area contributed by atoms with Gasteiger partial charge in [0.15, 0.2) is 0 Å². The molecular formula is C14H18N4O2. The Bertz CT molecular complexity index is 528. The van der Waals surface area contributed by atoms with E-state index < -0.39 is 0 Å². The van der Waals surface area contributed by atoms with E-state index in [1.54, 1.807) is 0 Å². The fourth-order valence-corrected chi connectivity index (χ4v) is 2.30. The van der Waals surface area contributed by atoms with Crippen molar-refractivity contribution >= 4 is 23.3 Å². The largest absolute Gasteiger partial charge is 0.382 e. The minimum Gasteiger partial charge on any atom is -0.382 e. The number of urea groups is 1. The smallest absolute Gasteiger partial charge is 0.321 e. The summed E-state index contributed by atoms with van der Waals surface area (Å²) in [6, 6.07) is 7.72. The number of amides is 3. The monoisotopic (exact) mass is 274 g/mol. The Labute approximate surface area is 117 Å². The average Bonchev–Trinajstić information content (AvgIpc) is 3.22. The van der Waals surface area contributed by atoms with Crippen LogP contribution in [0.1, 0.15) is 12.8 Å². The number of benzene rings is 1. The summed E-state index contributed by atoms with van der Waals surface area (Å²) >= 11 is 0. The molecular weight excluding hydrogens is 256 g/mol. The van der Waals surface area contributed by atoms with Gasteiger partial charge in [-0.3, -0.25) is 10.1 Å². The molecule has 3 amide bonds. The number of nitrogens with one attached hydrogen (secondary N) is 3. The Morgan fingerprint density at radius 3 is 2.90 bits per heavy atom. The van der Waals surface area contributed by atoms with E-state index in [9.17, 15) is 9.59 Å². The molecule has 1 aromatic carbocycles. The molecule has 0 atom stereocenters. The maximum Gasteiger partial charge on any atom is 0.321 e. The van der Waals surface area contributed by atoms with Gasteiger partial charge >= 0.3 is 6.03 Å². The zero-order valence-corrected chi connectivity index (χ0v) is 11.2. The molecule has 0 spiro atoms. The lowest BCUT2D eigenvalue weighted by molar-refractivity contribution is -0.118. The third-order valence-corrected chi connectivity index (χ3v) is 3.44. The maximum absolute atomic E-state index is 11.9. The summed E-state index contributed by atoms with van der Waals surface area (Å²) in [7, 11) is 0. The van der Waals surface area contributed by atoms with Gasteiger partial charge in [0.25, 0.3) is 0 Å². The fraction of sp³-hybridized carbons (Fsp3) is 0.429. The maximum atomic E-state index is 11.9. The molecule has 1 aliphatic heterocycles. The first-order valence-corrected chi connectivity index (χ1v) is 6.90. The standard InChI is InChI=1S/C14H18N4O2/c19-13(17-14(20)16-10-5-6-10)9-18-8-7-15-11-3-1-2-4-12(11)18/h1-4,10,15H,5-9H2,(H2,16,17,19,20). The van der Waals surface area contributed by atoms with Gasteiger partial charge in [0.05, 0.1) is 17.9 Å². The van der Waals surface area contributed by atoms with Gasteiger partial charge in [0, 0.05) is 19.1 Å². The van der Waals surface area contributed by atoms with E-state index in [2.05, 4.69) is 16.0 Å². The number of carbonyl (C=O) groups is 2. The minimum absolute atomic E-state index is 0.191. The summed E-state index contributed by atoms with van der Waals surface area (Å²) in [4.78, 5) is 25.4. The van der Waals surface area contributed by atoms with Crippen molar-refractivity contribution in [3.8, 4) is 0 Å². The fourth-order valence-electron chi connectivity index (χ4n) is 2.30. The van der Waals surface area contributed by atoms with Crippen LogP contribution in [0.25, 0.3) is 0 Å². The number of para-hydroxylation sites is 2. The quantitative estimate of drug-likeness (QED) is 0.766. The van der Waals surface area contributed by atoms with E-state index in [-0.39, 0.29) is 24.5 Å². The van der Waals surface area contributed by atoms with Crippen LogP contribution in [0.15, 0.2) is 24.3 Å². The van der Waals surface area contributed by atoms with Gasteiger partial charge < -0.3 is 15.5 Å². The predicted molar refractivity (Wildman–Crippen MR) is 76.8 cm³/mol. The summed E-state index contributed by atoms with van der Waals surface area (Å²) in [5.74, 6) is -0.278. The molecule has 1 heterocycles. The molecule has 1 aliphatic carbocycles. The second-order valence-electron chi connectivity index (χ2n) is 5.16. The number of carbonyl (C=O) groups excluding carboxylic acids is 2. The molecule has 0 unspecified atom stereocenters. The third-order valence-electron chi connectivity index (χ3n) is 3.44. The van der Waals surface area contributed by atoms with Gasteiger partial charge in [-0.25, -0.2) is 4.79 Å². The number of fused-ring (bicyclic) bond motifs is 1. The zero-order chi connectivity index (χ0) is 13.9. The van der Waals surface area contributed by atoms with Crippen LogP contribution >= 0.6 is 0 Å². The van der Waals surface area contributed by atoms with Crippen molar-refractivity contribution in [2.45, 2.75) is 18.9 Å². The highest BCUT2D eigenvalue weighted by atomic mass is 16.2. The number of rotatable bonds is 3. The lowest BCUT2D eigenvalue weighted by atomic mass is 10.2. The second kappa shape index (κ2) is 5.40. The van der Waals surface area contributed by atoms with Crippen molar-refractivity contribution < 1.29 is 9.59 Å². The normalized spacial score (nSPS) is 16.9. The van der Waals surface area contributed by atoms with Gasteiger partial charge in [0.1, 0.15) is 0 Å². The number of nitrogens with zero attached hydrogens (tertiary/aromatic N) is 1. The van der Waals surface area contributed by atoms with E-state index in [1.807, 2.05) is 29.2 Å². The first-order chi connectivity index (χ1) is 9.72. The highest BCUT2D eigenvalue weighted by molar-refractivity contribution is 5.97. The molecule has 3 rings (SSSR count). The van der Waals surface area contributed by atoms with Crippen LogP contribution in [0.3, 0.4) is 0 Å². The number of imide groups is 1. The Balaban J connectivity index is 1.57. The molecule has 2 aliphatic rings. The van der Waals surface area contributed by atoms with E-state index >= 15 is 0 Å². The topological polar surface area (TPSA) is 73.5 Å². The van der Waals surface area contributed by atoms with Crippen molar-refractivity contribution in [2.75, 3.05) is 29.9 Å². The van der Waals surface area contributed by atoms with Crippen LogP contribution in [0, 0.1) is 0 Å². The summed E-state index contributed by atoms with van der Waals surface area (Å²) in [6.07, 6.45) is 2.01. The van der Waals surface area contributed by atoms with Crippen LogP contribution < -0.4 is 20.9 Å². The SMILES string of the molecule is O=C(CN1CCNc2ccccc21)NC(=O)NC1CC1. The zero-order valence-electron chi connectivity index (χ0n) is 11.2. The summed E-state index contributed by atoms with van der Waals surface area (Å²) in [5.41, 5.74) is 2.02. The minimum atomic E-state index is -0.388. The van der Waals surface area contributed by atoms with Crippen LogP contribution in [0.4, 0.5) is 16.2 Å². The summed E-state index contributed by atoms with van der Waals surface area (Å²) in [5, 5.41) is 8.41. The number of hydrogen-bond donors (Lipinski definition) is 3. The van der Waals surface area contributed by atoms with Gasteiger partial charge in [-0.2, -0.15) is 0 Å². The molecule has 20 heavy (non-hydrogen) atoms. The first kappa shape index (κ1) is 12.8. The molecule has 0 aromatic heterocycles. The van der Waals surface area contributed by atoms with Crippen molar-refractivity contribution in [2.24, 2.45) is 0 Å². The molecule has 0 radical (unpaired) electrons. The van der Waals surface area contributed by atoms with Crippen molar-refractivity contribution in [3.05, 3.63) is 24.3 Å². The number of hydrogen-bond acceptors (Lipinski definition) is 4. The number of anilines is 2. The molecule has 1 saturated carbocycles. The third kappa shape index (κ3) is 3.01. The van der Waals surface area contributed by atoms with E-state index in [1.165, 1.54) is 0 Å². The molecule has 6 heteroatoms. The summed E-state index contributed by atoms with van der Waals surface area (Å²) < 4.78 is 0. The van der Waals surface area contributed by atoms with Crippen molar-refractivity contribution in [3.63, 3.8) is 0 Å². The second-order valence-corrected chi connectivity index (χ2v) is 5.16. The molecule has 0 bridgehead atoms. The molecule has 106 valence electrons. The molecule has 0 saturated heterocycles. The Morgan fingerprint density at radius 2 is 2.10 bits per heavy atom. The molecule has 3 N–H and O–H groups in total. The van der Waals surface area contributed by atoms with E-state index in [4.69, 9.17) is 0 Å². The van der Waals surface area contributed by atoms with Crippen LogP contribution in [-0.2, 0) is 4.79 Å². The molecule has 6 nitrogen and oxygen atoms in total. The first-order valence-electron chi connectivity index (χ1n) is 6.90. The molecule has 1 aromatic rings.